The highest BCUT2D eigenvalue weighted by molar-refractivity contribution is 5.80. The molecule has 4 rings (SSSR count). The quantitative estimate of drug-likeness (QED) is 0.676. The average molecular weight is 380 g/mol. The summed E-state index contributed by atoms with van der Waals surface area (Å²) < 4.78 is 13.7. The van der Waals surface area contributed by atoms with Gasteiger partial charge in [0.1, 0.15) is 17.3 Å². The summed E-state index contributed by atoms with van der Waals surface area (Å²) in [4.78, 5) is 20.2. The summed E-state index contributed by atoms with van der Waals surface area (Å²) in [6.45, 7) is 3.16. The van der Waals surface area contributed by atoms with Crippen molar-refractivity contribution >= 4 is 22.8 Å². The minimum Gasteiger partial charge on any atom is -0.457 e. The molecule has 1 N–H and O–H groups in total. The van der Waals surface area contributed by atoms with Gasteiger partial charge in [-0.15, -0.1) is 0 Å². The summed E-state index contributed by atoms with van der Waals surface area (Å²) in [5.74, 6) is 2.23. The van der Waals surface area contributed by atoms with Crippen LogP contribution < -0.4 is 10.1 Å². The molecule has 1 aliphatic rings. The van der Waals surface area contributed by atoms with Gasteiger partial charge in [0.2, 0.25) is 5.95 Å². The molecule has 1 aromatic carbocycles. The van der Waals surface area contributed by atoms with E-state index in [1.165, 1.54) is 0 Å². The Morgan fingerprint density at radius 2 is 2.18 bits per heavy atom. The molecule has 1 aliphatic heterocycles. The van der Waals surface area contributed by atoms with Gasteiger partial charge in [-0.05, 0) is 38.0 Å². The maximum absolute atomic E-state index is 11.3. The summed E-state index contributed by atoms with van der Waals surface area (Å²) in [5, 5.41) is 3.38. The molecule has 7 heteroatoms. The van der Waals surface area contributed by atoms with Gasteiger partial charge >= 0.3 is 0 Å². The Kier molecular flexibility index (Phi) is 5.25. The predicted octanol–water partition coefficient (Wildman–Crippen LogP) is 3.48. The number of hydrogen-bond acceptors (Lipinski definition) is 6. The van der Waals surface area contributed by atoms with E-state index in [1.807, 2.05) is 29.8 Å². The summed E-state index contributed by atoms with van der Waals surface area (Å²) in [5.41, 5.74) is 2.58. The van der Waals surface area contributed by atoms with Crippen LogP contribution in [-0.2, 0) is 23.0 Å². The molecular formula is C21H24N4O3. The Labute approximate surface area is 163 Å². The minimum absolute atomic E-state index is 0.0718. The Bertz CT molecular complexity index is 992. The molecule has 0 aliphatic carbocycles. The fourth-order valence-electron chi connectivity index (χ4n) is 3.42. The maximum atomic E-state index is 11.3. The molecule has 3 aromatic rings. The second-order valence-corrected chi connectivity index (χ2v) is 7.12. The Morgan fingerprint density at radius 1 is 1.32 bits per heavy atom. The lowest BCUT2D eigenvalue weighted by atomic mass is 10.2. The topological polar surface area (TPSA) is 78.3 Å². The molecule has 1 fully saturated rings. The fraction of sp³-hybridized carbons (Fsp3) is 0.381. The molecule has 1 saturated heterocycles. The van der Waals surface area contributed by atoms with Crippen LogP contribution in [0.15, 0.2) is 36.5 Å². The first kappa shape index (κ1) is 18.4. The number of ether oxygens (including phenoxy) is 2. The highest BCUT2D eigenvalue weighted by Crippen LogP contribution is 2.27. The number of pyridine rings is 1. The van der Waals surface area contributed by atoms with Crippen molar-refractivity contribution in [3.63, 3.8) is 0 Å². The largest absolute Gasteiger partial charge is 0.457 e. The second-order valence-electron chi connectivity index (χ2n) is 7.12. The third kappa shape index (κ3) is 4.14. The number of anilines is 1. The van der Waals surface area contributed by atoms with Gasteiger partial charge in [0, 0.05) is 44.9 Å². The van der Waals surface area contributed by atoms with Crippen molar-refractivity contribution in [1.29, 1.82) is 0 Å². The van der Waals surface area contributed by atoms with Crippen molar-refractivity contribution < 1.29 is 14.3 Å². The lowest BCUT2D eigenvalue weighted by Crippen LogP contribution is -2.20. The van der Waals surface area contributed by atoms with Crippen molar-refractivity contribution in [2.45, 2.75) is 32.3 Å². The van der Waals surface area contributed by atoms with Crippen LogP contribution in [0.25, 0.3) is 11.0 Å². The molecule has 2 aromatic heterocycles. The van der Waals surface area contributed by atoms with Gasteiger partial charge in [-0.3, -0.25) is 9.78 Å². The van der Waals surface area contributed by atoms with E-state index < -0.39 is 0 Å². The van der Waals surface area contributed by atoms with E-state index in [-0.39, 0.29) is 11.9 Å². The number of Topliss-reactive ketones (excluding diaryl/α,β-unsaturated/α-hetero) is 1. The van der Waals surface area contributed by atoms with E-state index >= 15 is 0 Å². The fourth-order valence-corrected chi connectivity index (χ4v) is 3.42. The number of ketones is 1. The molecule has 0 saturated carbocycles. The molecule has 0 amide bonds. The molecular weight excluding hydrogens is 356 g/mol. The average Bonchev–Trinajstić information content (AvgIpc) is 3.28. The van der Waals surface area contributed by atoms with Gasteiger partial charge < -0.3 is 19.4 Å². The maximum Gasteiger partial charge on any atom is 0.203 e. The lowest BCUT2D eigenvalue weighted by molar-refractivity contribution is -0.116. The molecule has 0 bridgehead atoms. The smallest absolute Gasteiger partial charge is 0.203 e. The molecule has 7 nitrogen and oxygen atoms in total. The summed E-state index contributed by atoms with van der Waals surface area (Å²) >= 11 is 0. The summed E-state index contributed by atoms with van der Waals surface area (Å²) in [6, 6.07) is 9.39. The number of nitrogens with one attached hydrogen (secondary N) is 1. The van der Waals surface area contributed by atoms with E-state index in [4.69, 9.17) is 14.5 Å². The summed E-state index contributed by atoms with van der Waals surface area (Å²) in [6.07, 6.45) is 4.43. The predicted molar refractivity (Wildman–Crippen MR) is 107 cm³/mol. The number of rotatable bonds is 7. The van der Waals surface area contributed by atoms with Crippen LogP contribution in [0.3, 0.4) is 0 Å². The standard InChI is InChI=1S/C21H24N4O3/c1-14(26)10-15-11-17(7-8-22-15)28-16-5-6-20-19(12-16)24-21(25(20)2)23-13-18-4-3-9-27-18/h5-8,11-12,18H,3-4,9-10,13H2,1-2H3,(H,23,24). The van der Waals surface area contributed by atoms with Crippen LogP contribution in [0, 0.1) is 0 Å². The Balaban J connectivity index is 1.50. The highest BCUT2D eigenvalue weighted by Gasteiger charge is 2.16. The van der Waals surface area contributed by atoms with Gasteiger partial charge in [-0.2, -0.15) is 0 Å². The number of benzene rings is 1. The first-order valence-electron chi connectivity index (χ1n) is 9.52. The van der Waals surface area contributed by atoms with Crippen LogP contribution in [0.1, 0.15) is 25.5 Å². The number of fused-ring (bicyclic) bond motifs is 1. The summed E-state index contributed by atoms with van der Waals surface area (Å²) in [7, 11) is 1.99. The van der Waals surface area contributed by atoms with Crippen molar-refractivity contribution in [2.24, 2.45) is 7.05 Å². The highest BCUT2D eigenvalue weighted by atomic mass is 16.5. The molecule has 3 heterocycles. The molecule has 146 valence electrons. The first-order valence-corrected chi connectivity index (χ1v) is 9.52. The van der Waals surface area contributed by atoms with Gasteiger partial charge in [0.15, 0.2) is 0 Å². The zero-order valence-electron chi connectivity index (χ0n) is 16.1. The molecule has 28 heavy (non-hydrogen) atoms. The number of aryl methyl sites for hydroxylation is 1. The normalized spacial score (nSPS) is 16.4. The molecule has 0 radical (unpaired) electrons. The number of aromatic nitrogens is 3. The Hall–Kier alpha value is -2.93. The van der Waals surface area contributed by atoms with E-state index in [0.717, 1.165) is 43.0 Å². The number of nitrogens with zero attached hydrogens (tertiary/aromatic N) is 3. The second kappa shape index (κ2) is 7.98. The Morgan fingerprint density at radius 3 is 2.96 bits per heavy atom. The SMILES string of the molecule is CC(=O)Cc1cc(Oc2ccc3c(c2)nc(NCC2CCCO2)n3C)ccn1. The molecule has 1 atom stereocenters. The van der Waals surface area contributed by atoms with Gasteiger partial charge in [0.25, 0.3) is 0 Å². The van der Waals surface area contributed by atoms with E-state index in [1.54, 1.807) is 25.3 Å². The van der Waals surface area contributed by atoms with Crippen molar-refractivity contribution in [2.75, 3.05) is 18.5 Å². The van der Waals surface area contributed by atoms with Crippen LogP contribution in [0.2, 0.25) is 0 Å². The third-order valence-corrected chi connectivity index (χ3v) is 4.82. The lowest BCUT2D eigenvalue weighted by Gasteiger charge is -2.11. The van der Waals surface area contributed by atoms with Gasteiger partial charge in [0.05, 0.1) is 22.8 Å². The number of carbonyl (C=O) groups excluding carboxylic acids is 1. The van der Waals surface area contributed by atoms with Gasteiger partial charge in [-0.25, -0.2) is 4.98 Å². The molecule has 1 unspecified atom stereocenters. The first-order chi connectivity index (χ1) is 13.6. The monoisotopic (exact) mass is 380 g/mol. The van der Waals surface area contributed by atoms with Crippen LogP contribution >= 0.6 is 0 Å². The number of hydrogen-bond donors (Lipinski definition) is 1. The van der Waals surface area contributed by atoms with Crippen molar-refractivity contribution in [3.05, 3.63) is 42.2 Å². The number of imidazole rings is 1. The molecule has 0 spiro atoms. The zero-order valence-corrected chi connectivity index (χ0v) is 16.1. The van der Waals surface area contributed by atoms with Crippen LogP contribution in [0.5, 0.6) is 11.5 Å². The zero-order chi connectivity index (χ0) is 19.5. The minimum atomic E-state index is 0.0718. The third-order valence-electron chi connectivity index (χ3n) is 4.82. The van der Waals surface area contributed by atoms with Crippen LogP contribution in [-0.4, -0.2) is 39.6 Å². The van der Waals surface area contributed by atoms with E-state index in [9.17, 15) is 4.79 Å². The van der Waals surface area contributed by atoms with Crippen LogP contribution in [0.4, 0.5) is 5.95 Å². The van der Waals surface area contributed by atoms with E-state index in [0.29, 0.717) is 23.6 Å². The van der Waals surface area contributed by atoms with Crippen molar-refractivity contribution in [3.8, 4) is 11.5 Å². The van der Waals surface area contributed by atoms with Gasteiger partial charge in [-0.1, -0.05) is 0 Å². The van der Waals surface area contributed by atoms with E-state index in [2.05, 4.69) is 10.3 Å². The number of carbonyl (C=O) groups is 1. The van der Waals surface area contributed by atoms with Crippen molar-refractivity contribution in [1.82, 2.24) is 14.5 Å².